The first kappa shape index (κ1) is 25.4. The molecule has 0 fully saturated rings. The van der Waals surface area contributed by atoms with E-state index in [1.807, 2.05) is 37.3 Å². The number of ether oxygens (including phenoxy) is 2. The molecule has 0 atom stereocenters. The summed E-state index contributed by atoms with van der Waals surface area (Å²) in [6.07, 6.45) is 1.72. The minimum Gasteiger partial charge on any atom is -0.490 e. The van der Waals surface area contributed by atoms with Crippen LogP contribution >= 0.6 is 50.7 Å². The molecule has 0 aromatic heterocycles. The van der Waals surface area contributed by atoms with Gasteiger partial charge in [0.1, 0.15) is 6.61 Å². The van der Waals surface area contributed by atoms with Crippen LogP contribution in [0.25, 0.3) is 0 Å². The zero-order valence-electron chi connectivity index (χ0n) is 17.6. The maximum atomic E-state index is 12.1. The third-order valence-corrected chi connectivity index (χ3v) is 5.93. The predicted octanol–water partition coefficient (Wildman–Crippen LogP) is 7.08. The lowest BCUT2D eigenvalue weighted by atomic mass is 10.1. The van der Waals surface area contributed by atoms with Crippen LogP contribution in [0.5, 0.6) is 11.5 Å². The standard InChI is InChI=1S/C24H20BrCl3N2O3/c1-2-32-22-11-17(13-29-30-23(31)12-15-3-6-18(25)7-4-15)10-21(28)24(22)33-14-16-5-8-19(26)20(27)9-16/h3-11,13H,2,12,14H2,1H3,(H,30,31)/b29-13+. The van der Waals surface area contributed by atoms with Gasteiger partial charge < -0.3 is 9.47 Å². The average molecular weight is 571 g/mol. The van der Waals surface area contributed by atoms with E-state index < -0.39 is 0 Å². The van der Waals surface area contributed by atoms with Crippen LogP contribution in [0.2, 0.25) is 15.1 Å². The van der Waals surface area contributed by atoms with E-state index in [9.17, 15) is 4.79 Å². The lowest BCUT2D eigenvalue weighted by Crippen LogP contribution is -2.19. The van der Waals surface area contributed by atoms with Gasteiger partial charge in [0.2, 0.25) is 5.91 Å². The molecule has 33 heavy (non-hydrogen) atoms. The van der Waals surface area contributed by atoms with Crippen molar-refractivity contribution in [1.29, 1.82) is 0 Å². The van der Waals surface area contributed by atoms with Crippen LogP contribution in [0.4, 0.5) is 0 Å². The molecule has 0 heterocycles. The van der Waals surface area contributed by atoms with E-state index in [1.165, 1.54) is 6.21 Å². The summed E-state index contributed by atoms with van der Waals surface area (Å²) in [4.78, 5) is 12.1. The maximum absolute atomic E-state index is 12.1. The zero-order valence-corrected chi connectivity index (χ0v) is 21.4. The lowest BCUT2D eigenvalue weighted by Gasteiger charge is -2.14. The summed E-state index contributed by atoms with van der Waals surface area (Å²) in [5.41, 5.74) is 4.88. The van der Waals surface area contributed by atoms with E-state index in [4.69, 9.17) is 44.3 Å². The smallest absolute Gasteiger partial charge is 0.244 e. The number of carbonyl (C=O) groups excluding carboxylic acids is 1. The van der Waals surface area contributed by atoms with Crippen LogP contribution in [0.15, 0.2) is 64.2 Å². The fourth-order valence-electron chi connectivity index (χ4n) is 2.86. The summed E-state index contributed by atoms with van der Waals surface area (Å²) >= 11 is 21.8. The Kier molecular flexibility index (Phi) is 9.44. The van der Waals surface area contributed by atoms with Gasteiger partial charge in [0.15, 0.2) is 11.5 Å². The number of hydrazone groups is 1. The Morgan fingerprint density at radius 1 is 0.970 bits per heavy atom. The molecule has 0 unspecified atom stereocenters. The van der Waals surface area contributed by atoms with Crippen LogP contribution < -0.4 is 14.9 Å². The summed E-state index contributed by atoms with van der Waals surface area (Å²) in [5.74, 6) is 0.639. The fourth-order valence-corrected chi connectivity index (χ4v) is 3.72. The molecule has 1 N–H and O–H groups in total. The minimum absolute atomic E-state index is 0.219. The Morgan fingerprint density at radius 3 is 2.39 bits per heavy atom. The first-order valence-corrected chi connectivity index (χ1v) is 11.9. The molecule has 0 saturated carbocycles. The van der Waals surface area contributed by atoms with E-state index in [-0.39, 0.29) is 18.9 Å². The molecule has 0 aliphatic rings. The van der Waals surface area contributed by atoms with Gasteiger partial charge in [0.05, 0.1) is 34.3 Å². The van der Waals surface area contributed by atoms with E-state index in [1.54, 1.807) is 24.3 Å². The molecule has 0 radical (unpaired) electrons. The predicted molar refractivity (Wildman–Crippen MR) is 137 cm³/mol. The number of nitrogens with zero attached hydrogens (tertiary/aromatic N) is 1. The largest absolute Gasteiger partial charge is 0.490 e. The molecule has 9 heteroatoms. The first-order valence-electron chi connectivity index (χ1n) is 9.95. The van der Waals surface area contributed by atoms with Crippen molar-refractivity contribution in [2.75, 3.05) is 6.61 Å². The molecule has 3 rings (SSSR count). The number of benzene rings is 3. The number of halogens is 4. The van der Waals surface area contributed by atoms with Gasteiger partial charge in [-0.2, -0.15) is 5.10 Å². The van der Waals surface area contributed by atoms with Crippen molar-refractivity contribution in [1.82, 2.24) is 5.43 Å². The highest BCUT2D eigenvalue weighted by atomic mass is 79.9. The SMILES string of the molecule is CCOc1cc(/C=N/NC(=O)Cc2ccc(Br)cc2)cc(Cl)c1OCc1ccc(Cl)c(Cl)c1. The number of amides is 1. The van der Waals surface area contributed by atoms with Crippen molar-refractivity contribution < 1.29 is 14.3 Å². The quantitative estimate of drug-likeness (QED) is 0.221. The molecule has 3 aromatic carbocycles. The Morgan fingerprint density at radius 2 is 1.70 bits per heavy atom. The van der Waals surface area contributed by atoms with Crippen molar-refractivity contribution in [3.63, 3.8) is 0 Å². The van der Waals surface area contributed by atoms with E-state index in [0.717, 1.165) is 15.6 Å². The molecule has 0 aliphatic carbocycles. The van der Waals surface area contributed by atoms with Crippen molar-refractivity contribution in [3.05, 3.63) is 90.8 Å². The minimum atomic E-state index is -0.230. The van der Waals surface area contributed by atoms with Crippen LogP contribution in [0.1, 0.15) is 23.6 Å². The summed E-state index contributed by atoms with van der Waals surface area (Å²) in [6.45, 7) is 2.51. The molecular formula is C24H20BrCl3N2O3. The highest BCUT2D eigenvalue weighted by Gasteiger charge is 2.13. The van der Waals surface area contributed by atoms with Crippen molar-refractivity contribution >= 4 is 62.9 Å². The van der Waals surface area contributed by atoms with Gasteiger partial charge in [-0.25, -0.2) is 5.43 Å². The lowest BCUT2D eigenvalue weighted by molar-refractivity contribution is -0.120. The molecule has 172 valence electrons. The molecule has 3 aromatic rings. The Hall–Kier alpha value is -2.25. The molecule has 5 nitrogen and oxygen atoms in total. The second kappa shape index (κ2) is 12.3. The van der Waals surface area contributed by atoms with Crippen LogP contribution in [0, 0.1) is 0 Å². The van der Waals surface area contributed by atoms with Gasteiger partial charge in [0.25, 0.3) is 0 Å². The summed E-state index contributed by atoms with van der Waals surface area (Å²) in [7, 11) is 0. The second-order valence-corrected chi connectivity index (χ2v) is 9.03. The Bertz CT molecular complexity index is 1150. The third kappa shape index (κ3) is 7.64. The van der Waals surface area contributed by atoms with Gasteiger partial charge in [0, 0.05) is 4.47 Å². The van der Waals surface area contributed by atoms with E-state index in [0.29, 0.717) is 38.7 Å². The van der Waals surface area contributed by atoms with Crippen molar-refractivity contribution in [2.24, 2.45) is 5.10 Å². The number of nitrogens with one attached hydrogen (secondary N) is 1. The average Bonchev–Trinajstić information content (AvgIpc) is 2.77. The molecule has 1 amide bonds. The second-order valence-electron chi connectivity index (χ2n) is 6.90. The molecule has 0 spiro atoms. The summed E-state index contributed by atoms with van der Waals surface area (Å²) < 4.78 is 12.5. The monoisotopic (exact) mass is 568 g/mol. The number of hydrogen-bond acceptors (Lipinski definition) is 4. The number of rotatable bonds is 9. The number of hydrogen-bond donors (Lipinski definition) is 1. The van der Waals surface area contributed by atoms with E-state index in [2.05, 4.69) is 26.5 Å². The van der Waals surface area contributed by atoms with Gasteiger partial charge in [-0.15, -0.1) is 0 Å². The normalized spacial score (nSPS) is 10.9. The van der Waals surface area contributed by atoms with Gasteiger partial charge in [-0.3, -0.25) is 4.79 Å². The topological polar surface area (TPSA) is 59.9 Å². The maximum Gasteiger partial charge on any atom is 0.244 e. The van der Waals surface area contributed by atoms with Crippen molar-refractivity contribution in [2.45, 2.75) is 20.0 Å². The first-order chi connectivity index (χ1) is 15.9. The van der Waals surface area contributed by atoms with Gasteiger partial charge in [-0.1, -0.05) is 68.9 Å². The molecule has 0 bridgehead atoms. The van der Waals surface area contributed by atoms with Crippen LogP contribution in [0.3, 0.4) is 0 Å². The van der Waals surface area contributed by atoms with Crippen LogP contribution in [-0.2, 0) is 17.8 Å². The highest BCUT2D eigenvalue weighted by molar-refractivity contribution is 9.10. The van der Waals surface area contributed by atoms with Gasteiger partial charge >= 0.3 is 0 Å². The summed E-state index contributed by atoms with van der Waals surface area (Å²) in [5, 5.41) is 5.29. The third-order valence-electron chi connectivity index (χ3n) is 4.38. The number of carbonyl (C=O) groups is 1. The van der Waals surface area contributed by atoms with Crippen molar-refractivity contribution in [3.8, 4) is 11.5 Å². The Balaban J connectivity index is 1.66. The summed E-state index contributed by atoms with van der Waals surface area (Å²) in [6, 6.07) is 16.2. The van der Waals surface area contributed by atoms with Crippen LogP contribution in [-0.4, -0.2) is 18.7 Å². The zero-order chi connectivity index (χ0) is 23.8. The Labute approximate surface area is 215 Å². The fraction of sp³-hybridized carbons (Fsp3) is 0.167. The molecular weight excluding hydrogens is 551 g/mol. The molecule has 0 aliphatic heterocycles. The highest BCUT2D eigenvalue weighted by Crippen LogP contribution is 2.37. The molecule has 0 saturated heterocycles. The van der Waals surface area contributed by atoms with E-state index >= 15 is 0 Å². The van der Waals surface area contributed by atoms with Gasteiger partial charge in [-0.05, 0) is 60.0 Å².